The largest absolute Gasteiger partial charge is 0.368 e. The molecule has 1 aromatic carbocycles. The molecule has 4 nitrogen and oxygen atoms in total. The molecule has 1 heterocycles. The fourth-order valence-electron chi connectivity index (χ4n) is 2.66. The molecule has 0 atom stereocenters. The van der Waals surface area contributed by atoms with E-state index in [1.54, 1.807) is 0 Å². The van der Waals surface area contributed by atoms with Crippen molar-refractivity contribution in [1.82, 2.24) is 10.2 Å². The average Bonchev–Trinajstić information content (AvgIpc) is 2.55. The highest BCUT2D eigenvalue weighted by molar-refractivity contribution is 5.78. The van der Waals surface area contributed by atoms with E-state index in [1.807, 2.05) is 11.0 Å². The first kappa shape index (κ1) is 15.8. The van der Waals surface area contributed by atoms with Crippen molar-refractivity contribution in [3.8, 4) is 0 Å². The Bertz CT molecular complexity index is 413. The molecule has 1 aromatic rings. The van der Waals surface area contributed by atoms with E-state index >= 15 is 0 Å². The highest BCUT2D eigenvalue weighted by Gasteiger charge is 2.20. The normalized spacial score (nSPS) is 15.3. The average molecular weight is 289 g/mol. The van der Waals surface area contributed by atoms with Gasteiger partial charge < -0.3 is 15.1 Å². The van der Waals surface area contributed by atoms with Crippen LogP contribution in [0.3, 0.4) is 0 Å². The summed E-state index contributed by atoms with van der Waals surface area (Å²) in [5.74, 6) is 0.235. The molecule has 1 saturated heterocycles. The number of piperazine rings is 1. The van der Waals surface area contributed by atoms with Gasteiger partial charge in [0.2, 0.25) is 5.91 Å². The van der Waals surface area contributed by atoms with E-state index in [4.69, 9.17) is 0 Å². The fraction of sp³-hybridized carbons (Fsp3) is 0.588. The highest BCUT2D eigenvalue weighted by atomic mass is 16.2. The number of hydrogen-bond donors (Lipinski definition) is 1. The van der Waals surface area contributed by atoms with Crippen LogP contribution in [0.15, 0.2) is 30.3 Å². The van der Waals surface area contributed by atoms with E-state index < -0.39 is 0 Å². The second kappa shape index (κ2) is 8.67. The Morgan fingerprint density at radius 3 is 2.48 bits per heavy atom. The molecule has 116 valence electrons. The lowest BCUT2D eigenvalue weighted by molar-refractivity contribution is -0.130. The van der Waals surface area contributed by atoms with Gasteiger partial charge in [0, 0.05) is 31.9 Å². The van der Waals surface area contributed by atoms with Gasteiger partial charge in [-0.3, -0.25) is 4.79 Å². The molecule has 1 amide bonds. The number of unbranched alkanes of at least 4 members (excludes halogenated alkanes) is 2. The van der Waals surface area contributed by atoms with Gasteiger partial charge in [0.1, 0.15) is 0 Å². The molecule has 4 heteroatoms. The van der Waals surface area contributed by atoms with Crippen molar-refractivity contribution in [3.05, 3.63) is 30.3 Å². The lowest BCUT2D eigenvalue weighted by Crippen LogP contribution is -2.50. The van der Waals surface area contributed by atoms with Crippen LogP contribution < -0.4 is 10.2 Å². The number of benzene rings is 1. The third-order valence-corrected chi connectivity index (χ3v) is 3.99. The van der Waals surface area contributed by atoms with Gasteiger partial charge in [0.15, 0.2) is 0 Å². The van der Waals surface area contributed by atoms with E-state index in [0.29, 0.717) is 6.54 Å². The van der Waals surface area contributed by atoms with E-state index in [1.165, 1.54) is 18.5 Å². The third-order valence-electron chi connectivity index (χ3n) is 3.99. The third kappa shape index (κ3) is 5.05. The van der Waals surface area contributed by atoms with Gasteiger partial charge in [-0.2, -0.15) is 0 Å². The predicted octanol–water partition coefficient (Wildman–Crippen LogP) is 2.11. The van der Waals surface area contributed by atoms with Crippen LogP contribution in [0.4, 0.5) is 5.69 Å². The predicted molar refractivity (Wildman–Crippen MR) is 87.6 cm³/mol. The summed E-state index contributed by atoms with van der Waals surface area (Å²) in [7, 11) is 0. The van der Waals surface area contributed by atoms with E-state index in [2.05, 4.69) is 41.4 Å². The fourth-order valence-corrected chi connectivity index (χ4v) is 2.66. The zero-order chi connectivity index (χ0) is 14.9. The van der Waals surface area contributed by atoms with Gasteiger partial charge in [0.25, 0.3) is 0 Å². The molecule has 1 fully saturated rings. The zero-order valence-electron chi connectivity index (χ0n) is 13.1. The monoisotopic (exact) mass is 289 g/mol. The summed E-state index contributed by atoms with van der Waals surface area (Å²) in [6.07, 6.45) is 3.61. The molecule has 21 heavy (non-hydrogen) atoms. The van der Waals surface area contributed by atoms with Gasteiger partial charge >= 0.3 is 0 Å². The minimum absolute atomic E-state index is 0.235. The minimum Gasteiger partial charge on any atom is -0.368 e. The number of anilines is 1. The maximum absolute atomic E-state index is 12.1. The summed E-state index contributed by atoms with van der Waals surface area (Å²) < 4.78 is 0. The minimum atomic E-state index is 0.235. The van der Waals surface area contributed by atoms with Gasteiger partial charge in [-0.25, -0.2) is 0 Å². The summed E-state index contributed by atoms with van der Waals surface area (Å²) >= 11 is 0. The summed E-state index contributed by atoms with van der Waals surface area (Å²) in [6, 6.07) is 10.4. The number of nitrogens with one attached hydrogen (secondary N) is 1. The van der Waals surface area contributed by atoms with Crippen molar-refractivity contribution in [1.29, 1.82) is 0 Å². The van der Waals surface area contributed by atoms with Crippen molar-refractivity contribution in [2.24, 2.45) is 0 Å². The summed E-state index contributed by atoms with van der Waals surface area (Å²) in [4.78, 5) is 16.4. The Morgan fingerprint density at radius 1 is 1.10 bits per heavy atom. The van der Waals surface area contributed by atoms with Crippen molar-refractivity contribution >= 4 is 11.6 Å². The Labute approximate surface area is 128 Å². The van der Waals surface area contributed by atoms with Crippen LogP contribution >= 0.6 is 0 Å². The standard InChI is InChI=1S/C17H27N3O/c1-2-3-7-10-18-15-17(21)20-13-11-19(12-14-20)16-8-5-4-6-9-16/h4-6,8-9,18H,2-3,7,10-15H2,1H3. The molecule has 1 aliphatic rings. The van der Waals surface area contributed by atoms with Crippen molar-refractivity contribution in [2.75, 3.05) is 44.2 Å². The Kier molecular flexibility index (Phi) is 6.54. The number of para-hydroxylation sites is 1. The highest BCUT2D eigenvalue weighted by Crippen LogP contribution is 2.15. The summed E-state index contributed by atoms with van der Waals surface area (Å²) in [5, 5.41) is 3.26. The lowest BCUT2D eigenvalue weighted by atomic mass is 10.2. The van der Waals surface area contributed by atoms with E-state index in [0.717, 1.165) is 39.1 Å². The first-order chi connectivity index (χ1) is 10.3. The number of nitrogens with zero attached hydrogens (tertiary/aromatic N) is 2. The molecule has 0 unspecified atom stereocenters. The van der Waals surface area contributed by atoms with Crippen LogP contribution in [0.25, 0.3) is 0 Å². The first-order valence-electron chi connectivity index (χ1n) is 8.09. The van der Waals surface area contributed by atoms with Crippen LogP contribution in [-0.2, 0) is 4.79 Å². The van der Waals surface area contributed by atoms with Crippen molar-refractivity contribution in [3.63, 3.8) is 0 Å². The zero-order valence-corrected chi connectivity index (χ0v) is 13.1. The number of hydrogen-bond acceptors (Lipinski definition) is 3. The molecule has 1 N–H and O–H groups in total. The van der Waals surface area contributed by atoms with E-state index in [-0.39, 0.29) is 5.91 Å². The SMILES string of the molecule is CCCCCNCC(=O)N1CCN(c2ccccc2)CC1. The molecule has 2 rings (SSSR count). The van der Waals surface area contributed by atoms with E-state index in [9.17, 15) is 4.79 Å². The van der Waals surface area contributed by atoms with Crippen LogP contribution in [0.2, 0.25) is 0 Å². The number of carbonyl (C=O) groups excluding carboxylic acids is 1. The maximum Gasteiger partial charge on any atom is 0.236 e. The van der Waals surface area contributed by atoms with Gasteiger partial charge in [-0.05, 0) is 25.1 Å². The Balaban J connectivity index is 1.67. The molecule has 0 radical (unpaired) electrons. The van der Waals surface area contributed by atoms with Crippen molar-refractivity contribution < 1.29 is 4.79 Å². The Morgan fingerprint density at radius 2 is 1.81 bits per heavy atom. The molecule has 0 spiro atoms. The van der Waals surface area contributed by atoms with Crippen LogP contribution in [-0.4, -0.2) is 50.1 Å². The topological polar surface area (TPSA) is 35.6 Å². The number of carbonyl (C=O) groups is 1. The smallest absolute Gasteiger partial charge is 0.236 e. The molecule has 0 saturated carbocycles. The number of amides is 1. The maximum atomic E-state index is 12.1. The van der Waals surface area contributed by atoms with Gasteiger partial charge in [0.05, 0.1) is 6.54 Å². The number of rotatable bonds is 7. The Hall–Kier alpha value is -1.55. The summed E-state index contributed by atoms with van der Waals surface area (Å²) in [6.45, 7) is 7.11. The molecule has 0 bridgehead atoms. The van der Waals surface area contributed by atoms with Crippen LogP contribution in [0, 0.1) is 0 Å². The lowest BCUT2D eigenvalue weighted by Gasteiger charge is -2.36. The van der Waals surface area contributed by atoms with Gasteiger partial charge in [-0.15, -0.1) is 0 Å². The molecular formula is C17H27N3O. The molecular weight excluding hydrogens is 262 g/mol. The second-order valence-corrected chi connectivity index (χ2v) is 5.59. The molecule has 1 aliphatic heterocycles. The second-order valence-electron chi connectivity index (χ2n) is 5.59. The van der Waals surface area contributed by atoms with Crippen LogP contribution in [0.5, 0.6) is 0 Å². The molecule has 0 aromatic heterocycles. The summed E-state index contributed by atoms with van der Waals surface area (Å²) in [5.41, 5.74) is 1.25. The first-order valence-corrected chi connectivity index (χ1v) is 8.09. The van der Waals surface area contributed by atoms with Crippen molar-refractivity contribution in [2.45, 2.75) is 26.2 Å². The van der Waals surface area contributed by atoms with Gasteiger partial charge in [-0.1, -0.05) is 38.0 Å². The quantitative estimate of drug-likeness (QED) is 0.781. The van der Waals surface area contributed by atoms with Crippen LogP contribution in [0.1, 0.15) is 26.2 Å². The molecule has 0 aliphatic carbocycles.